The second kappa shape index (κ2) is 4.62. The molecule has 0 atom stereocenters. The monoisotopic (exact) mass is 256 g/mol. The first-order valence-corrected chi connectivity index (χ1v) is 6.37. The molecule has 1 aromatic heterocycles. The fraction of sp³-hybridized carbons (Fsp3) is 0.636. The summed E-state index contributed by atoms with van der Waals surface area (Å²) in [6.07, 6.45) is 0. The molecule has 1 saturated heterocycles. The Labute approximate surface area is 103 Å². The average molecular weight is 256 g/mol. The maximum absolute atomic E-state index is 11.7. The van der Waals surface area contributed by atoms with E-state index in [1.54, 1.807) is 5.38 Å². The molecule has 1 aliphatic heterocycles. The molecule has 0 radical (unpaired) electrons. The number of hydrogen-bond donors (Lipinski definition) is 1. The molecule has 0 unspecified atom stereocenters. The Morgan fingerprint density at radius 1 is 1.65 bits per heavy atom. The Bertz CT molecular complexity index is 473. The maximum atomic E-state index is 11.7. The molecule has 0 aromatic carbocycles. The van der Waals surface area contributed by atoms with Crippen molar-refractivity contribution >= 4 is 17.2 Å². The standard InChI is InChI=1S/C11H16N2O3S/c1-8-4-17-10(15)13(8)3-9(14)12-5-11(2)6-16-7-11/h4H,3,5-7H2,1-2H3,(H,12,14). The zero-order valence-electron chi connectivity index (χ0n) is 9.99. The number of aryl methyl sites for hydroxylation is 1. The van der Waals surface area contributed by atoms with Crippen LogP contribution in [0.25, 0.3) is 0 Å². The predicted molar refractivity (Wildman–Crippen MR) is 65.3 cm³/mol. The summed E-state index contributed by atoms with van der Waals surface area (Å²) >= 11 is 1.12. The number of rotatable bonds is 4. The van der Waals surface area contributed by atoms with Crippen LogP contribution in [-0.2, 0) is 16.1 Å². The first-order chi connectivity index (χ1) is 8.00. The molecule has 1 amide bonds. The Kier molecular flexibility index (Phi) is 3.35. The smallest absolute Gasteiger partial charge is 0.307 e. The van der Waals surface area contributed by atoms with Gasteiger partial charge in [0, 0.05) is 23.0 Å². The molecular weight excluding hydrogens is 240 g/mol. The number of nitrogens with one attached hydrogen (secondary N) is 1. The molecule has 94 valence electrons. The van der Waals surface area contributed by atoms with Gasteiger partial charge in [-0.15, -0.1) is 0 Å². The largest absolute Gasteiger partial charge is 0.380 e. The Balaban J connectivity index is 1.87. The third kappa shape index (κ3) is 2.76. The van der Waals surface area contributed by atoms with Gasteiger partial charge >= 0.3 is 4.87 Å². The highest BCUT2D eigenvalue weighted by atomic mass is 32.1. The number of carbonyl (C=O) groups excluding carboxylic acids is 1. The van der Waals surface area contributed by atoms with E-state index in [0.29, 0.717) is 19.8 Å². The van der Waals surface area contributed by atoms with Crippen molar-refractivity contribution in [1.29, 1.82) is 0 Å². The molecule has 6 heteroatoms. The summed E-state index contributed by atoms with van der Waals surface area (Å²) in [5.41, 5.74) is 0.887. The topological polar surface area (TPSA) is 60.3 Å². The number of aromatic nitrogens is 1. The van der Waals surface area contributed by atoms with E-state index in [9.17, 15) is 9.59 Å². The van der Waals surface area contributed by atoms with E-state index >= 15 is 0 Å². The SMILES string of the molecule is Cc1csc(=O)n1CC(=O)NCC1(C)COC1. The fourth-order valence-electron chi connectivity index (χ4n) is 1.66. The third-order valence-corrected chi connectivity index (χ3v) is 3.77. The van der Waals surface area contributed by atoms with Crippen molar-refractivity contribution in [3.05, 3.63) is 20.7 Å². The average Bonchev–Trinajstić information content (AvgIpc) is 2.55. The number of carbonyl (C=O) groups is 1. The van der Waals surface area contributed by atoms with Crippen molar-refractivity contribution in [2.45, 2.75) is 20.4 Å². The van der Waals surface area contributed by atoms with Gasteiger partial charge in [0.25, 0.3) is 0 Å². The van der Waals surface area contributed by atoms with Gasteiger partial charge in [0.1, 0.15) is 6.54 Å². The minimum Gasteiger partial charge on any atom is -0.380 e. The number of amides is 1. The van der Waals surface area contributed by atoms with Gasteiger partial charge in [-0.3, -0.25) is 14.2 Å². The highest BCUT2D eigenvalue weighted by Crippen LogP contribution is 2.24. The van der Waals surface area contributed by atoms with Gasteiger partial charge in [-0.05, 0) is 6.92 Å². The summed E-state index contributed by atoms with van der Waals surface area (Å²) in [4.78, 5) is 23.0. The highest BCUT2D eigenvalue weighted by molar-refractivity contribution is 7.07. The van der Waals surface area contributed by atoms with E-state index in [1.165, 1.54) is 4.57 Å². The lowest BCUT2D eigenvalue weighted by Gasteiger charge is -2.38. The first-order valence-electron chi connectivity index (χ1n) is 5.50. The van der Waals surface area contributed by atoms with Crippen LogP contribution in [0.4, 0.5) is 0 Å². The number of nitrogens with zero attached hydrogens (tertiary/aromatic N) is 1. The molecule has 1 fully saturated rings. The second-order valence-corrected chi connectivity index (χ2v) is 5.63. The van der Waals surface area contributed by atoms with Gasteiger partial charge in [-0.25, -0.2) is 0 Å². The van der Waals surface area contributed by atoms with E-state index in [1.807, 2.05) is 6.92 Å². The summed E-state index contributed by atoms with van der Waals surface area (Å²) in [5.74, 6) is -0.123. The van der Waals surface area contributed by atoms with Crippen LogP contribution in [0.3, 0.4) is 0 Å². The fourth-order valence-corrected chi connectivity index (χ4v) is 2.39. The molecule has 1 aliphatic rings. The van der Waals surface area contributed by atoms with Crippen LogP contribution in [0.15, 0.2) is 10.2 Å². The van der Waals surface area contributed by atoms with Crippen LogP contribution in [0.2, 0.25) is 0 Å². The van der Waals surface area contributed by atoms with E-state index in [4.69, 9.17) is 4.74 Å². The number of thiazole rings is 1. The van der Waals surface area contributed by atoms with Crippen molar-refractivity contribution < 1.29 is 9.53 Å². The molecule has 0 bridgehead atoms. The van der Waals surface area contributed by atoms with Crippen molar-refractivity contribution in [1.82, 2.24) is 9.88 Å². The van der Waals surface area contributed by atoms with Gasteiger partial charge in [-0.1, -0.05) is 18.3 Å². The van der Waals surface area contributed by atoms with Crippen molar-refractivity contribution in [2.24, 2.45) is 5.41 Å². The molecular formula is C11H16N2O3S. The van der Waals surface area contributed by atoms with Crippen molar-refractivity contribution in [3.63, 3.8) is 0 Å². The van der Waals surface area contributed by atoms with Crippen molar-refractivity contribution in [3.8, 4) is 0 Å². The molecule has 0 aliphatic carbocycles. The lowest BCUT2D eigenvalue weighted by atomic mass is 9.89. The molecule has 1 N–H and O–H groups in total. The van der Waals surface area contributed by atoms with Gasteiger partial charge < -0.3 is 10.1 Å². The van der Waals surface area contributed by atoms with Gasteiger partial charge in [-0.2, -0.15) is 0 Å². The Hall–Kier alpha value is -1.14. The quantitative estimate of drug-likeness (QED) is 0.846. The normalized spacial score (nSPS) is 17.5. The minimum atomic E-state index is -0.123. The zero-order valence-corrected chi connectivity index (χ0v) is 10.8. The molecule has 1 aromatic rings. The van der Waals surface area contributed by atoms with Gasteiger partial charge in [0.2, 0.25) is 5.91 Å². The molecule has 5 nitrogen and oxygen atoms in total. The summed E-state index contributed by atoms with van der Waals surface area (Å²) in [5, 5.41) is 4.60. The summed E-state index contributed by atoms with van der Waals surface area (Å²) < 4.78 is 6.60. The number of hydrogen-bond acceptors (Lipinski definition) is 4. The minimum absolute atomic E-state index is 0.0598. The van der Waals surface area contributed by atoms with Crippen LogP contribution >= 0.6 is 11.3 Å². The maximum Gasteiger partial charge on any atom is 0.307 e. The lowest BCUT2D eigenvalue weighted by Crippen LogP contribution is -2.49. The van der Waals surface area contributed by atoms with E-state index in [2.05, 4.69) is 12.2 Å². The predicted octanol–water partition coefficient (Wildman–Crippen LogP) is 0.371. The molecule has 0 saturated carbocycles. The molecule has 2 heterocycles. The summed E-state index contributed by atoms with van der Waals surface area (Å²) in [7, 11) is 0. The van der Waals surface area contributed by atoms with Crippen LogP contribution < -0.4 is 10.2 Å². The summed E-state index contributed by atoms with van der Waals surface area (Å²) in [6.45, 7) is 5.97. The lowest BCUT2D eigenvalue weighted by molar-refractivity contribution is -0.127. The third-order valence-electron chi connectivity index (χ3n) is 2.89. The van der Waals surface area contributed by atoms with Gasteiger partial charge in [0.05, 0.1) is 13.2 Å². The highest BCUT2D eigenvalue weighted by Gasteiger charge is 2.33. The molecule has 2 rings (SSSR count). The van der Waals surface area contributed by atoms with Gasteiger partial charge in [0.15, 0.2) is 0 Å². The van der Waals surface area contributed by atoms with E-state index < -0.39 is 0 Å². The van der Waals surface area contributed by atoms with E-state index in [-0.39, 0.29) is 22.7 Å². The molecule has 17 heavy (non-hydrogen) atoms. The molecule has 0 spiro atoms. The zero-order chi connectivity index (χ0) is 12.5. The number of ether oxygens (including phenoxy) is 1. The van der Waals surface area contributed by atoms with Crippen molar-refractivity contribution in [2.75, 3.05) is 19.8 Å². The Morgan fingerprint density at radius 3 is 2.82 bits per heavy atom. The van der Waals surface area contributed by atoms with Crippen LogP contribution in [0.5, 0.6) is 0 Å². The van der Waals surface area contributed by atoms with Crippen LogP contribution in [0.1, 0.15) is 12.6 Å². The Morgan fingerprint density at radius 2 is 2.35 bits per heavy atom. The van der Waals surface area contributed by atoms with Crippen LogP contribution in [0, 0.1) is 12.3 Å². The first kappa shape index (κ1) is 12.3. The second-order valence-electron chi connectivity index (χ2n) is 4.81. The van der Waals surface area contributed by atoms with E-state index in [0.717, 1.165) is 17.0 Å². The van der Waals surface area contributed by atoms with Crippen LogP contribution in [-0.4, -0.2) is 30.2 Å². The summed E-state index contributed by atoms with van der Waals surface area (Å²) in [6, 6.07) is 0.